The molecule has 3 aromatic carbocycles. The van der Waals surface area contributed by atoms with E-state index in [4.69, 9.17) is 26.6 Å². The van der Waals surface area contributed by atoms with Crippen molar-refractivity contribution in [3.8, 4) is 17.2 Å². The maximum atomic E-state index is 13.8. The third-order valence-corrected chi connectivity index (χ3v) is 6.45. The predicted molar refractivity (Wildman–Crippen MR) is 136 cm³/mol. The molecule has 4 N–H and O–H groups in total. The van der Waals surface area contributed by atoms with Gasteiger partial charge in [0.25, 0.3) is 5.91 Å². The number of nitrogens with one attached hydrogen (secondary N) is 1. The van der Waals surface area contributed by atoms with Gasteiger partial charge >= 0.3 is 18.5 Å². The average molecular weight is 556 g/mol. The summed E-state index contributed by atoms with van der Waals surface area (Å²) in [7, 11) is 0. The van der Waals surface area contributed by atoms with E-state index in [1.807, 2.05) is 30.3 Å². The highest BCUT2D eigenvalue weighted by Crippen LogP contribution is 2.40. The van der Waals surface area contributed by atoms with Gasteiger partial charge in [0.1, 0.15) is 0 Å². The van der Waals surface area contributed by atoms with Gasteiger partial charge in [-0.05, 0) is 54.5 Å². The monoisotopic (exact) mass is 555 g/mol. The average Bonchev–Trinajstić information content (AvgIpc) is 2.85. The van der Waals surface area contributed by atoms with E-state index < -0.39 is 52.7 Å². The maximum Gasteiger partial charge on any atom is 0.511 e. The molecule has 0 fully saturated rings. The number of hydrogen-bond acceptors (Lipinski definition) is 7. The minimum absolute atomic E-state index is 0.337. The molecule has 0 radical (unpaired) electrons. The molecule has 0 heterocycles. The highest BCUT2D eigenvalue weighted by Gasteiger charge is 2.39. The van der Waals surface area contributed by atoms with Gasteiger partial charge in [-0.1, -0.05) is 48.0 Å². The van der Waals surface area contributed by atoms with Crippen LogP contribution >= 0.6 is 11.6 Å². The number of carboxylic acid groups (broad SMARTS) is 3. The lowest BCUT2D eigenvalue weighted by Crippen LogP contribution is -2.49. The number of carbonyl (C=O) groups is 4. The van der Waals surface area contributed by atoms with Gasteiger partial charge in [0.2, 0.25) is 0 Å². The summed E-state index contributed by atoms with van der Waals surface area (Å²) in [5, 5.41) is 30.9. The lowest BCUT2D eigenvalue weighted by Gasteiger charge is -2.40. The number of ether oxygens (including phenoxy) is 3. The number of carbonyl (C=O) groups excluding carboxylic acids is 1. The van der Waals surface area contributed by atoms with E-state index in [1.54, 1.807) is 18.2 Å². The van der Waals surface area contributed by atoms with E-state index in [2.05, 4.69) is 14.8 Å². The lowest BCUT2D eigenvalue weighted by atomic mass is 9.73. The van der Waals surface area contributed by atoms with Gasteiger partial charge in [-0.15, -0.1) is 0 Å². The van der Waals surface area contributed by atoms with Crippen molar-refractivity contribution in [1.29, 1.82) is 0 Å². The summed E-state index contributed by atoms with van der Waals surface area (Å²) in [5.74, 6) is -2.74. The molecule has 4 rings (SSSR count). The number of benzene rings is 3. The molecule has 11 nitrogen and oxygen atoms in total. The fraction of sp³-hybridized carbons (Fsp3) is 0.185. The van der Waals surface area contributed by atoms with Gasteiger partial charge in [0, 0.05) is 17.2 Å². The number of aryl methyl sites for hydroxylation is 1. The van der Waals surface area contributed by atoms with Crippen LogP contribution in [0, 0.1) is 0 Å². The minimum Gasteiger partial charge on any atom is -0.449 e. The molecule has 3 aromatic rings. The second-order valence-corrected chi connectivity index (χ2v) is 9.19. The number of rotatable bonds is 7. The molecule has 1 atom stereocenters. The number of hydrogen-bond donors (Lipinski definition) is 4. The zero-order valence-electron chi connectivity index (χ0n) is 20.2. The predicted octanol–water partition coefficient (Wildman–Crippen LogP) is 5.71. The molecule has 0 aromatic heterocycles. The second kappa shape index (κ2) is 11.3. The molecular weight excluding hydrogens is 534 g/mol. The molecule has 0 aliphatic heterocycles. The van der Waals surface area contributed by atoms with Crippen LogP contribution in [0.25, 0.3) is 0 Å². The summed E-state index contributed by atoms with van der Waals surface area (Å²) in [6.07, 6.45) is -3.07. The van der Waals surface area contributed by atoms with E-state index in [-0.39, 0.29) is 0 Å². The Labute approximate surface area is 226 Å². The van der Waals surface area contributed by atoms with Crippen LogP contribution in [-0.2, 0) is 18.4 Å². The summed E-state index contributed by atoms with van der Waals surface area (Å²) in [6, 6.07) is 16.4. The molecule has 39 heavy (non-hydrogen) atoms. The molecular formula is C27H22ClNO10. The van der Waals surface area contributed by atoms with E-state index in [0.717, 1.165) is 41.7 Å². The lowest BCUT2D eigenvalue weighted by molar-refractivity contribution is 0.0878. The Balaban J connectivity index is 1.82. The van der Waals surface area contributed by atoms with Crippen LogP contribution in [0.4, 0.5) is 14.4 Å². The smallest absolute Gasteiger partial charge is 0.449 e. The Bertz CT molecular complexity index is 1460. The molecule has 0 saturated carbocycles. The third-order valence-electron chi connectivity index (χ3n) is 6.21. The number of fused-ring (bicyclic) bond motifs is 1. The maximum absolute atomic E-state index is 13.8. The molecule has 0 saturated heterocycles. The highest BCUT2D eigenvalue weighted by atomic mass is 35.5. The van der Waals surface area contributed by atoms with E-state index in [9.17, 15) is 24.3 Å². The fourth-order valence-electron chi connectivity index (χ4n) is 4.80. The van der Waals surface area contributed by atoms with Crippen LogP contribution in [0.15, 0.2) is 60.7 Å². The summed E-state index contributed by atoms with van der Waals surface area (Å²) in [4.78, 5) is 47.5. The molecule has 202 valence electrons. The first kappa shape index (κ1) is 27.3. The minimum atomic E-state index is -1.83. The Morgan fingerprint density at radius 3 is 2.13 bits per heavy atom. The van der Waals surface area contributed by atoms with E-state index in [1.165, 1.54) is 0 Å². The van der Waals surface area contributed by atoms with E-state index >= 15 is 0 Å². The first-order chi connectivity index (χ1) is 18.6. The van der Waals surface area contributed by atoms with Gasteiger partial charge in [-0.3, -0.25) is 4.79 Å². The normalized spacial score (nSPS) is 15.9. The van der Waals surface area contributed by atoms with Crippen molar-refractivity contribution in [1.82, 2.24) is 5.32 Å². The quantitative estimate of drug-likeness (QED) is 0.209. The standard InChI is InChI=1S/C27H22ClNO10/c28-17-8-3-5-15(11-17)14-27(10-4-7-16-6-1-2-9-19(16)27)29-23(30)18-12-21(38-25(33)34)22(39-26(35)36)13-20(18)37-24(31)32/h1-3,5-6,8-9,11-13H,4,7,10,14H2,(H,29,30)(H,31,32)(H,33,34)(H,35,36)/t27-/m0/s1. The Kier molecular flexibility index (Phi) is 7.91. The molecule has 12 heteroatoms. The number of amides is 1. The van der Waals surface area contributed by atoms with Crippen molar-refractivity contribution in [2.45, 2.75) is 31.2 Å². The topological polar surface area (TPSA) is 169 Å². The molecule has 1 aliphatic carbocycles. The summed E-state index contributed by atoms with van der Waals surface area (Å²) in [6.45, 7) is 0. The van der Waals surface area contributed by atoms with Crippen molar-refractivity contribution in [2.24, 2.45) is 0 Å². The zero-order valence-corrected chi connectivity index (χ0v) is 20.9. The van der Waals surface area contributed by atoms with Crippen LogP contribution in [-0.4, -0.2) is 39.7 Å². The summed E-state index contributed by atoms with van der Waals surface area (Å²) in [5.41, 5.74) is 1.34. The van der Waals surface area contributed by atoms with Crippen molar-refractivity contribution in [2.75, 3.05) is 0 Å². The van der Waals surface area contributed by atoms with Crippen molar-refractivity contribution >= 4 is 36.0 Å². The Morgan fingerprint density at radius 1 is 0.821 bits per heavy atom. The first-order valence-electron chi connectivity index (χ1n) is 11.6. The number of halogens is 1. The second-order valence-electron chi connectivity index (χ2n) is 8.75. The third kappa shape index (κ3) is 6.39. The van der Waals surface area contributed by atoms with Crippen LogP contribution in [0.3, 0.4) is 0 Å². The van der Waals surface area contributed by atoms with Crippen molar-refractivity contribution in [3.63, 3.8) is 0 Å². The molecule has 0 unspecified atom stereocenters. The molecule has 0 spiro atoms. The molecule has 0 bridgehead atoms. The van der Waals surface area contributed by atoms with Crippen molar-refractivity contribution < 1.29 is 48.7 Å². The SMILES string of the molecule is O=C(O)Oc1cc(OC(=O)O)c(C(=O)N[C@]2(Cc3cccc(Cl)c3)CCCc3ccccc32)cc1OC(=O)O. The van der Waals surface area contributed by atoms with Crippen LogP contribution in [0.1, 0.15) is 39.9 Å². The molecule has 1 amide bonds. The highest BCUT2D eigenvalue weighted by molar-refractivity contribution is 6.30. The van der Waals surface area contributed by atoms with Gasteiger partial charge in [-0.25, -0.2) is 14.4 Å². The van der Waals surface area contributed by atoms with Gasteiger partial charge in [-0.2, -0.15) is 0 Å². The van der Waals surface area contributed by atoms with Crippen LogP contribution in [0.5, 0.6) is 17.2 Å². The Morgan fingerprint density at radius 2 is 1.46 bits per heavy atom. The first-order valence-corrected chi connectivity index (χ1v) is 12.0. The van der Waals surface area contributed by atoms with Crippen LogP contribution < -0.4 is 19.5 Å². The van der Waals surface area contributed by atoms with Crippen molar-refractivity contribution in [3.05, 3.63) is 87.9 Å². The zero-order chi connectivity index (χ0) is 28.2. The largest absolute Gasteiger partial charge is 0.511 e. The summed E-state index contributed by atoms with van der Waals surface area (Å²) >= 11 is 6.21. The van der Waals surface area contributed by atoms with Crippen LogP contribution in [0.2, 0.25) is 5.02 Å². The van der Waals surface area contributed by atoms with Gasteiger partial charge in [0.05, 0.1) is 11.1 Å². The Hall–Kier alpha value is -4.77. The molecule has 1 aliphatic rings. The van der Waals surface area contributed by atoms with Gasteiger partial charge < -0.3 is 34.8 Å². The fourth-order valence-corrected chi connectivity index (χ4v) is 5.02. The van der Waals surface area contributed by atoms with E-state index in [0.29, 0.717) is 17.9 Å². The van der Waals surface area contributed by atoms with Gasteiger partial charge in [0.15, 0.2) is 17.2 Å². The summed E-state index contributed by atoms with van der Waals surface area (Å²) < 4.78 is 13.9.